The van der Waals surface area contributed by atoms with Crippen molar-refractivity contribution in [3.05, 3.63) is 0 Å². The first-order chi connectivity index (χ1) is 6.63. The number of morpholine rings is 1. The van der Waals surface area contributed by atoms with Crippen molar-refractivity contribution in [1.29, 1.82) is 0 Å². The van der Waals surface area contributed by atoms with Crippen LogP contribution >= 0.6 is 0 Å². The molecular weight excluding hydrogens is 176 g/mol. The molecule has 0 aromatic carbocycles. The van der Waals surface area contributed by atoms with Crippen LogP contribution in [0.2, 0.25) is 0 Å². The third-order valence-electron chi connectivity index (χ3n) is 2.96. The molecule has 2 atom stereocenters. The van der Waals surface area contributed by atoms with Gasteiger partial charge >= 0.3 is 0 Å². The molecule has 3 heteroatoms. The summed E-state index contributed by atoms with van der Waals surface area (Å²) in [5.41, 5.74) is 0. The monoisotopic (exact) mass is 200 g/mol. The number of nitrogens with one attached hydrogen (secondary N) is 1. The lowest BCUT2D eigenvalue weighted by Crippen LogP contribution is -2.48. The van der Waals surface area contributed by atoms with E-state index in [0.717, 1.165) is 26.2 Å². The maximum absolute atomic E-state index is 5.52. The van der Waals surface area contributed by atoms with E-state index in [1.54, 1.807) is 0 Å². The Hall–Kier alpha value is -0.120. The third-order valence-corrected chi connectivity index (χ3v) is 2.96. The molecule has 3 nitrogen and oxygen atoms in total. The lowest BCUT2D eigenvalue weighted by atomic mass is 10.0. The first kappa shape index (κ1) is 12.0. The molecule has 0 bridgehead atoms. The van der Waals surface area contributed by atoms with E-state index >= 15 is 0 Å². The average Bonchev–Trinajstić information content (AvgIpc) is 2.14. The molecule has 1 aliphatic rings. The molecule has 2 unspecified atom stereocenters. The fraction of sp³-hybridized carbons (Fsp3) is 1.00. The molecular formula is C11H24N2O. The van der Waals surface area contributed by atoms with E-state index in [-0.39, 0.29) is 0 Å². The maximum Gasteiger partial charge on any atom is 0.0674 e. The molecule has 84 valence electrons. The highest BCUT2D eigenvalue weighted by molar-refractivity contribution is 4.76. The fourth-order valence-corrected chi connectivity index (χ4v) is 1.97. The largest absolute Gasteiger partial charge is 0.376 e. The predicted molar refractivity (Wildman–Crippen MR) is 59.5 cm³/mol. The van der Waals surface area contributed by atoms with E-state index in [1.807, 2.05) is 0 Å². The van der Waals surface area contributed by atoms with Gasteiger partial charge in [-0.3, -0.25) is 4.90 Å². The zero-order chi connectivity index (χ0) is 10.6. The van der Waals surface area contributed by atoms with Crippen molar-refractivity contribution in [2.24, 2.45) is 5.92 Å². The van der Waals surface area contributed by atoms with Crippen LogP contribution in [0.3, 0.4) is 0 Å². The smallest absolute Gasteiger partial charge is 0.0674 e. The molecule has 0 aliphatic carbocycles. The Morgan fingerprint density at radius 3 is 2.71 bits per heavy atom. The molecule has 1 fully saturated rings. The topological polar surface area (TPSA) is 24.5 Å². The van der Waals surface area contributed by atoms with E-state index < -0.39 is 0 Å². The second-order valence-corrected chi connectivity index (χ2v) is 4.58. The van der Waals surface area contributed by atoms with Crippen molar-refractivity contribution in [3.63, 3.8) is 0 Å². The van der Waals surface area contributed by atoms with Crippen LogP contribution in [-0.4, -0.2) is 50.3 Å². The predicted octanol–water partition coefficient (Wildman–Crippen LogP) is 0.951. The third kappa shape index (κ3) is 3.56. The summed E-state index contributed by atoms with van der Waals surface area (Å²) in [5.74, 6) is 0.693. The standard InChI is InChI=1S/C11H24N2O/c1-9(2)11(12-4)8-13-5-6-14-10(3)7-13/h9-12H,5-8H2,1-4H3. The van der Waals surface area contributed by atoms with Gasteiger partial charge in [-0.25, -0.2) is 0 Å². The fourth-order valence-electron chi connectivity index (χ4n) is 1.97. The van der Waals surface area contributed by atoms with Crippen molar-refractivity contribution in [2.75, 3.05) is 33.3 Å². The number of rotatable bonds is 4. The quantitative estimate of drug-likeness (QED) is 0.731. The minimum absolute atomic E-state index is 0.397. The molecule has 0 saturated carbocycles. The van der Waals surface area contributed by atoms with E-state index in [9.17, 15) is 0 Å². The number of likely N-dealkylation sites (N-methyl/N-ethyl adjacent to an activating group) is 1. The SMILES string of the molecule is CNC(CN1CCOC(C)C1)C(C)C. The molecule has 1 N–H and O–H groups in total. The van der Waals surface area contributed by atoms with Crippen molar-refractivity contribution >= 4 is 0 Å². The molecule has 0 aromatic rings. The van der Waals surface area contributed by atoms with Gasteiger partial charge in [0.25, 0.3) is 0 Å². The molecule has 0 spiro atoms. The van der Waals surface area contributed by atoms with E-state index in [0.29, 0.717) is 18.1 Å². The number of hydrogen-bond acceptors (Lipinski definition) is 3. The van der Waals surface area contributed by atoms with Crippen LogP contribution < -0.4 is 5.32 Å². The normalized spacial score (nSPS) is 26.8. The second kappa shape index (κ2) is 5.69. The van der Waals surface area contributed by atoms with E-state index in [2.05, 4.69) is 38.0 Å². The molecule has 1 rings (SSSR count). The zero-order valence-electron chi connectivity index (χ0n) is 9.92. The Labute approximate surface area is 87.8 Å². The molecule has 14 heavy (non-hydrogen) atoms. The average molecular weight is 200 g/mol. The summed E-state index contributed by atoms with van der Waals surface area (Å²) in [6.45, 7) is 10.9. The Bertz CT molecular complexity index is 161. The van der Waals surface area contributed by atoms with Gasteiger partial charge in [0.1, 0.15) is 0 Å². The van der Waals surface area contributed by atoms with Crippen LogP contribution in [0.1, 0.15) is 20.8 Å². The number of hydrogen-bond donors (Lipinski definition) is 1. The van der Waals surface area contributed by atoms with Gasteiger partial charge in [0.2, 0.25) is 0 Å². The Morgan fingerprint density at radius 1 is 1.50 bits per heavy atom. The summed E-state index contributed by atoms with van der Waals surface area (Å²) in [6, 6.07) is 0.597. The summed E-state index contributed by atoms with van der Waals surface area (Å²) < 4.78 is 5.52. The minimum atomic E-state index is 0.397. The molecule has 1 heterocycles. The van der Waals surface area contributed by atoms with Crippen LogP contribution in [0.5, 0.6) is 0 Å². The number of ether oxygens (including phenoxy) is 1. The zero-order valence-corrected chi connectivity index (χ0v) is 9.92. The summed E-state index contributed by atoms with van der Waals surface area (Å²) in [4.78, 5) is 2.50. The Balaban J connectivity index is 2.33. The first-order valence-corrected chi connectivity index (χ1v) is 5.64. The van der Waals surface area contributed by atoms with Crippen LogP contribution in [0.4, 0.5) is 0 Å². The van der Waals surface area contributed by atoms with Crippen molar-refractivity contribution in [2.45, 2.75) is 32.9 Å². The molecule has 0 radical (unpaired) electrons. The van der Waals surface area contributed by atoms with Gasteiger partial charge in [-0.15, -0.1) is 0 Å². The van der Waals surface area contributed by atoms with Crippen molar-refractivity contribution < 1.29 is 4.74 Å². The Kier molecular flexibility index (Phi) is 4.85. The molecule has 0 aromatic heterocycles. The van der Waals surface area contributed by atoms with Gasteiger partial charge in [0.05, 0.1) is 12.7 Å². The van der Waals surface area contributed by atoms with Crippen LogP contribution in [0, 0.1) is 5.92 Å². The maximum atomic E-state index is 5.52. The number of nitrogens with zero attached hydrogens (tertiary/aromatic N) is 1. The highest BCUT2D eigenvalue weighted by atomic mass is 16.5. The van der Waals surface area contributed by atoms with Crippen LogP contribution in [0.15, 0.2) is 0 Å². The lowest BCUT2D eigenvalue weighted by Gasteiger charge is -2.34. The minimum Gasteiger partial charge on any atom is -0.376 e. The first-order valence-electron chi connectivity index (χ1n) is 5.64. The van der Waals surface area contributed by atoms with Gasteiger partial charge < -0.3 is 10.1 Å². The van der Waals surface area contributed by atoms with Gasteiger partial charge in [-0.1, -0.05) is 13.8 Å². The van der Waals surface area contributed by atoms with Crippen molar-refractivity contribution in [1.82, 2.24) is 10.2 Å². The molecule has 0 amide bonds. The summed E-state index contributed by atoms with van der Waals surface area (Å²) in [5, 5.41) is 3.38. The van der Waals surface area contributed by atoms with Gasteiger partial charge in [0.15, 0.2) is 0 Å². The van der Waals surface area contributed by atoms with Crippen LogP contribution in [0.25, 0.3) is 0 Å². The van der Waals surface area contributed by atoms with Gasteiger partial charge in [-0.05, 0) is 19.9 Å². The highest BCUT2D eigenvalue weighted by Crippen LogP contribution is 2.08. The van der Waals surface area contributed by atoms with E-state index in [1.165, 1.54) is 0 Å². The highest BCUT2D eigenvalue weighted by Gasteiger charge is 2.20. The summed E-state index contributed by atoms with van der Waals surface area (Å²) in [6.07, 6.45) is 0.397. The van der Waals surface area contributed by atoms with Crippen molar-refractivity contribution in [3.8, 4) is 0 Å². The Morgan fingerprint density at radius 2 is 2.21 bits per heavy atom. The lowest BCUT2D eigenvalue weighted by molar-refractivity contribution is -0.0222. The summed E-state index contributed by atoms with van der Waals surface area (Å²) in [7, 11) is 2.05. The van der Waals surface area contributed by atoms with Gasteiger partial charge in [0, 0.05) is 25.7 Å². The van der Waals surface area contributed by atoms with Crippen LogP contribution in [-0.2, 0) is 4.74 Å². The molecule has 1 aliphatic heterocycles. The second-order valence-electron chi connectivity index (χ2n) is 4.58. The molecule has 1 saturated heterocycles. The summed E-state index contributed by atoms with van der Waals surface area (Å²) >= 11 is 0. The van der Waals surface area contributed by atoms with Gasteiger partial charge in [-0.2, -0.15) is 0 Å². The van der Waals surface area contributed by atoms with E-state index in [4.69, 9.17) is 4.74 Å².